The van der Waals surface area contributed by atoms with Crippen molar-refractivity contribution >= 4 is 65.9 Å². The first-order chi connectivity index (χ1) is 6.00. The van der Waals surface area contributed by atoms with Gasteiger partial charge in [-0.2, -0.15) is 25.3 Å². The van der Waals surface area contributed by atoms with Crippen LogP contribution in [0.3, 0.4) is 0 Å². The molecule has 0 rings (SSSR count). The van der Waals surface area contributed by atoms with Crippen LogP contribution in [0.2, 0.25) is 0 Å². The van der Waals surface area contributed by atoms with Crippen molar-refractivity contribution in [2.45, 2.75) is 0 Å². The fourth-order valence-electron chi connectivity index (χ4n) is 0. The first kappa shape index (κ1) is 36.6. The van der Waals surface area contributed by atoms with E-state index >= 15 is 0 Å². The summed E-state index contributed by atoms with van der Waals surface area (Å²) in [6.07, 6.45) is 0. The predicted molar refractivity (Wildman–Crippen MR) is 62.4 cm³/mol. The molecule has 112 valence electrons. The van der Waals surface area contributed by atoms with Crippen LogP contribution in [-0.4, -0.2) is 87.3 Å². The smallest absolute Gasteiger partial charge is 0.264 e. The molecule has 0 saturated heterocycles. The Balaban J connectivity index is -0.0000000277. The molecule has 0 aromatic heterocycles. The predicted octanol–water partition coefficient (Wildman–Crippen LogP) is -4.33. The molecule has 6 N–H and O–H groups in total. The molecule has 0 bridgehead atoms. The van der Waals surface area contributed by atoms with Crippen molar-refractivity contribution in [3.05, 3.63) is 0 Å². The Kier molecular flexibility index (Phi) is 30.4. The Morgan fingerprint density at radius 1 is 0.444 bits per heavy atom. The van der Waals surface area contributed by atoms with Crippen molar-refractivity contribution in [1.29, 1.82) is 0 Å². The Morgan fingerprint density at radius 3 is 0.444 bits per heavy atom. The third kappa shape index (κ3) is 1980. The Labute approximate surface area is 143 Å². The van der Waals surface area contributed by atoms with E-state index in [4.69, 9.17) is 52.6 Å². The van der Waals surface area contributed by atoms with Crippen LogP contribution in [0.25, 0.3) is 0 Å². The van der Waals surface area contributed by atoms with E-state index in [1.54, 1.807) is 0 Å². The molecule has 0 aromatic carbocycles. The molecular weight excluding hydrogens is 433 g/mol. The van der Waals surface area contributed by atoms with Crippen molar-refractivity contribution in [2.24, 2.45) is 0 Å². The zero-order valence-electron chi connectivity index (χ0n) is 6.86. The molecule has 0 aliphatic carbocycles. The van der Waals surface area contributed by atoms with Crippen LogP contribution in [-0.2, 0) is 57.4 Å². The van der Waals surface area contributed by atoms with Gasteiger partial charge in [-0.05, 0) is 0 Å². The molecule has 0 unspecified atom stereocenters. The van der Waals surface area contributed by atoms with Gasteiger partial charge in [-0.1, -0.05) is 0 Å². The average molecular weight is 445 g/mol. The normalized spacial score (nSPS) is 9.67. The second kappa shape index (κ2) is 15.0. The average Bonchev–Trinajstić information content (AvgIpc) is 1.41. The topological polar surface area (TPSA) is 224 Å². The van der Waals surface area contributed by atoms with Gasteiger partial charge < -0.3 is 0 Å². The molecule has 0 aliphatic rings. The van der Waals surface area contributed by atoms with Gasteiger partial charge >= 0.3 is 31.2 Å². The maximum absolute atomic E-state index is 8.74. The molecule has 0 aliphatic heterocycles. The quantitative estimate of drug-likeness (QED) is 0.154. The molecule has 18 heteroatoms. The summed E-state index contributed by atoms with van der Waals surface area (Å²) >= 11 is 0. The van der Waals surface area contributed by atoms with Crippen LogP contribution in [0.4, 0.5) is 0 Å². The maximum atomic E-state index is 8.74. The Hall–Kier alpha value is 1.56. The number of hydrogen-bond acceptors (Lipinski definition) is 6. The molecule has 12 nitrogen and oxygen atoms in total. The zero-order valence-corrected chi connectivity index (χ0v) is 11.8. The Bertz CT molecular complexity index is 346. The minimum Gasteiger partial charge on any atom is -0.264 e. The molecule has 0 radical (unpaired) electrons. The molecule has 0 aromatic rings. The van der Waals surface area contributed by atoms with Crippen LogP contribution < -0.4 is 0 Å². The first-order valence-corrected chi connectivity index (χ1v) is 6.29. The van der Waals surface area contributed by atoms with Crippen LogP contribution in [0, 0.1) is 0 Å². The van der Waals surface area contributed by atoms with Crippen molar-refractivity contribution in [3.63, 3.8) is 0 Å². The van der Waals surface area contributed by atoms with Gasteiger partial charge in [0.15, 0.2) is 34.7 Å². The number of rotatable bonds is 0. The van der Waals surface area contributed by atoms with Crippen molar-refractivity contribution in [2.75, 3.05) is 0 Å². The molecule has 0 saturated carbocycles. The van der Waals surface area contributed by atoms with E-state index in [-0.39, 0.29) is 60.9 Å². The van der Waals surface area contributed by atoms with Crippen molar-refractivity contribution in [3.8, 4) is 0 Å². The summed E-state index contributed by atoms with van der Waals surface area (Å²) in [5, 5.41) is 0. The van der Waals surface area contributed by atoms with Crippen LogP contribution >= 0.6 is 0 Å². The minimum absolute atomic E-state index is 0. The van der Waals surface area contributed by atoms with E-state index in [1.807, 2.05) is 0 Å². The van der Waals surface area contributed by atoms with Gasteiger partial charge in [-0.3, -0.25) is 27.3 Å². The van der Waals surface area contributed by atoms with E-state index < -0.39 is 31.2 Å². The molecule has 0 heterocycles. The van der Waals surface area contributed by atoms with Crippen molar-refractivity contribution < 1.29 is 78.8 Å². The molecule has 0 atom stereocenters. The Morgan fingerprint density at radius 2 is 0.444 bits per heavy atom. The molecular formula is H12Al2O12S3Zr. The van der Waals surface area contributed by atoms with E-state index in [2.05, 4.69) is 0 Å². The third-order valence-corrected chi connectivity index (χ3v) is 0. The second-order valence-electron chi connectivity index (χ2n) is 1.34. The zero-order chi connectivity index (χ0) is 13.5. The molecule has 18 heavy (non-hydrogen) atoms. The van der Waals surface area contributed by atoms with Crippen LogP contribution in [0.5, 0.6) is 0 Å². The van der Waals surface area contributed by atoms with Gasteiger partial charge in [0.2, 0.25) is 0 Å². The maximum Gasteiger partial charge on any atom is 0.394 e. The SMILES string of the molecule is O=S(=O)(O)O.O=S(=O)(O)O.O=S(=O)(O)O.[AlH3].[AlH3].[Zr]. The first-order valence-electron chi connectivity index (χ1n) is 2.10. The van der Waals surface area contributed by atoms with Gasteiger partial charge in [0.05, 0.1) is 0 Å². The summed E-state index contributed by atoms with van der Waals surface area (Å²) < 4.78 is 94.8. The van der Waals surface area contributed by atoms with E-state index in [1.165, 1.54) is 0 Å². The summed E-state index contributed by atoms with van der Waals surface area (Å²) in [4.78, 5) is 0. The molecule has 0 fully saturated rings. The summed E-state index contributed by atoms with van der Waals surface area (Å²) in [5.74, 6) is 0. The third-order valence-electron chi connectivity index (χ3n) is 0. The van der Waals surface area contributed by atoms with Gasteiger partial charge in [-0.25, -0.2) is 0 Å². The fraction of sp³-hybridized carbons (Fsp3) is 0. The van der Waals surface area contributed by atoms with Crippen LogP contribution in [0.15, 0.2) is 0 Å². The van der Waals surface area contributed by atoms with E-state index in [9.17, 15) is 0 Å². The number of hydrogen-bond donors (Lipinski definition) is 6. The van der Waals surface area contributed by atoms with Gasteiger partial charge in [-0.15, -0.1) is 0 Å². The summed E-state index contributed by atoms with van der Waals surface area (Å²) in [7, 11) is -14.0. The second-order valence-corrected chi connectivity index (χ2v) is 4.03. The molecule has 0 amide bonds. The summed E-state index contributed by atoms with van der Waals surface area (Å²) in [6.45, 7) is 0. The summed E-state index contributed by atoms with van der Waals surface area (Å²) in [5.41, 5.74) is 0. The van der Waals surface area contributed by atoms with Gasteiger partial charge in [0, 0.05) is 26.2 Å². The summed E-state index contributed by atoms with van der Waals surface area (Å²) in [6, 6.07) is 0. The van der Waals surface area contributed by atoms with E-state index in [0.717, 1.165) is 0 Å². The standard InChI is InChI=1S/2Al.3H2O4S.Zr.6H/c;;3*1-5(2,3)4;;;;;;;/h;;3*(H2,1,2,3,4);;;;;;;. The monoisotopic (exact) mass is 444 g/mol. The van der Waals surface area contributed by atoms with Crippen molar-refractivity contribution in [1.82, 2.24) is 0 Å². The minimum atomic E-state index is -4.67. The van der Waals surface area contributed by atoms with Gasteiger partial charge in [0.1, 0.15) is 0 Å². The van der Waals surface area contributed by atoms with Crippen LogP contribution in [0.1, 0.15) is 0 Å². The largest absolute Gasteiger partial charge is 0.394 e. The fourth-order valence-corrected chi connectivity index (χ4v) is 0. The van der Waals surface area contributed by atoms with E-state index in [0.29, 0.717) is 0 Å². The molecule has 0 spiro atoms. The van der Waals surface area contributed by atoms with Gasteiger partial charge in [0.25, 0.3) is 0 Å².